The van der Waals surface area contributed by atoms with Crippen LogP contribution in [0.5, 0.6) is 0 Å². The zero-order chi connectivity index (χ0) is 20.5. The molecule has 0 spiro atoms. The first kappa shape index (κ1) is 22.0. The molecule has 0 fully saturated rings. The highest BCUT2D eigenvalue weighted by molar-refractivity contribution is 5.91. The van der Waals surface area contributed by atoms with Crippen LogP contribution in [0.25, 0.3) is 0 Å². The summed E-state index contributed by atoms with van der Waals surface area (Å²) in [5, 5.41) is 5.89. The minimum absolute atomic E-state index is 0.0618. The van der Waals surface area contributed by atoms with Gasteiger partial charge in [-0.1, -0.05) is 25.5 Å². The van der Waals surface area contributed by atoms with Gasteiger partial charge in [0, 0.05) is 39.0 Å². The van der Waals surface area contributed by atoms with E-state index < -0.39 is 0 Å². The molecule has 28 heavy (non-hydrogen) atoms. The molecule has 0 aromatic carbocycles. The Balaban J connectivity index is 1.97. The van der Waals surface area contributed by atoms with Crippen molar-refractivity contribution in [2.24, 2.45) is 23.7 Å². The summed E-state index contributed by atoms with van der Waals surface area (Å²) < 4.78 is 4.98. The third-order valence-electron chi connectivity index (χ3n) is 5.44. The van der Waals surface area contributed by atoms with Crippen LogP contribution in [0.4, 0.5) is 0 Å². The molecular weight excluding hydrogens is 356 g/mol. The van der Waals surface area contributed by atoms with Gasteiger partial charge in [-0.15, -0.1) is 0 Å². The van der Waals surface area contributed by atoms with Gasteiger partial charge in [0.15, 0.2) is 0 Å². The van der Waals surface area contributed by atoms with Gasteiger partial charge in [0.05, 0.1) is 12.8 Å². The second kappa shape index (κ2) is 10.9. The van der Waals surface area contributed by atoms with Crippen LogP contribution in [0.2, 0.25) is 0 Å². The number of carbonyl (C=O) groups is 2. The second-order valence-electron chi connectivity index (χ2n) is 7.76. The number of rotatable bonds is 9. The van der Waals surface area contributed by atoms with Crippen molar-refractivity contribution in [1.82, 2.24) is 20.6 Å². The number of hydrogen-bond donors (Lipinski definition) is 2. The number of hydrogen-bond acceptors (Lipinski definition) is 5. The van der Waals surface area contributed by atoms with Gasteiger partial charge in [0.1, 0.15) is 5.69 Å². The lowest BCUT2D eigenvalue weighted by Crippen LogP contribution is -2.38. The number of nitrogens with one attached hydrogen (secondary N) is 2. The first-order valence-corrected chi connectivity index (χ1v) is 9.90. The molecular formula is C21H32N4O3. The summed E-state index contributed by atoms with van der Waals surface area (Å²) in [6.07, 6.45) is 8.20. The zero-order valence-corrected chi connectivity index (χ0v) is 17.3. The van der Waals surface area contributed by atoms with E-state index in [-0.39, 0.29) is 23.7 Å². The van der Waals surface area contributed by atoms with Gasteiger partial charge in [-0.05, 0) is 37.0 Å². The molecule has 0 unspecified atom stereocenters. The Morgan fingerprint density at radius 2 is 2.07 bits per heavy atom. The Bertz CT molecular complexity index is 675. The van der Waals surface area contributed by atoms with Crippen LogP contribution in [-0.2, 0) is 9.53 Å². The van der Waals surface area contributed by atoms with Gasteiger partial charge in [-0.3, -0.25) is 14.6 Å². The SMILES string of the molecule is COCCNC(=O)C[C@@H]1C[C@@H](C(C)C)[C@H](CNC(=O)c2cnccn2)C=C1C. The third-order valence-corrected chi connectivity index (χ3v) is 5.44. The van der Waals surface area contributed by atoms with Crippen LogP contribution < -0.4 is 10.6 Å². The number of ether oxygens (including phenoxy) is 1. The van der Waals surface area contributed by atoms with Crippen molar-refractivity contribution in [3.8, 4) is 0 Å². The molecule has 0 saturated heterocycles. The fourth-order valence-electron chi connectivity index (χ4n) is 3.81. The van der Waals surface area contributed by atoms with E-state index in [0.29, 0.717) is 43.6 Å². The van der Waals surface area contributed by atoms with Gasteiger partial charge in [-0.25, -0.2) is 4.98 Å². The van der Waals surface area contributed by atoms with Crippen LogP contribution in [0.15, 0.2) is 30.2 Å². The van der Waals surface area contributed by atoms with Crippen LogP contribution in [0, 0.1) is 23.7 Å². The maximum atomic E-state index is 12.3. The van der Waals surface area contributed by atoms with E-state index in [1.165, 1.54) is 18.0 Å². The molecule has 1 aromatic rings. The molecule has 3 atom stereocenters. The third kappa shape index (κ3) is 6.41. The summed E-state index contributed by atoms with van der Waals surface area (Å²) in [7, 11) is 1.62. The molecule has 0 saturated carbocycles. The molecule has 1 aliphatic carbocycles. The van der Waals surface area contributed by atoms with E-state index in [4.69, 9.17) is 4.74 Å². The van der Waals surface area contributed by atoms with Crippen LogP contribution in [-0.4, -0.2) is 48.6 Å². The van der Waals surface area contributed by atoms with E-state index in [1.807, 2.05) is 0 Å². The fourth-order valence-corrected chi connectivity index (χ4v) is 3.81. The number of allylic oxidation sites excluding steroid dienone is 1. The van der Waals surface area contributed by atoms with Crippen molar-refractivity contribution in [3.63, 3.8) is 0 Å². The van der Waals surface area contributed by atoms with Crippen molar-refractivity contribution in [3.05, 3.63) is 35.9 Å². The van der Waals surface area contributed by atoms with Gasteiger partial charge >= 0.3 is 0 Å². The average Bonchev–Trinajstić information content (AvgIpc) is 2.68. The first-order valence-electron chi connectivity index (χ1n) is 9.90. The lowest BCUT2D eigenvalue weighted by atomic mass is 9.69. The highest BCUT2D eigenvalue weighted by Gasteiger charge is 2.32. The second-order valence-corrected chi connectivity index (χ2v) is 7.76. The standard InChI is InChI=1S/C21H32N4O3/c1-14(2)18-10-16(11-20(26)24-7-8-28-4)15(3)9-17(18)12-25-21(27)19-13-22-5-6-23-19/h5-6,9,13-14,16-18H,7-8,10-12H2,1-4H3,(H,24,26)(H,25,27)/t16-,17-,18-/m0/s1. The Labute approximate surface area is 167 Å². The van der Waals surface area contributed by atoms with Crippen LogP contribution in [0.3, 0.4) is 0 Å². The van der Waals surface area contributed by atoms with Gasteiger partial charge < -0.3 is 15.4 Å². The summed E-state index contributed by atoms with van der Waals surface area (Å²) in [6.45, 7) is 8.10. The monoisotopic (exact) mass is 388 g/mol. The lowest BCUT2D eigenvalue weighted by Gasteiger charge is -2.37. The van der Waals surface area contributed by atoms with Crippen molar-refractivity contribution in [1.29, 1.82) is 0 Å². The molecule has 1 aromatic heterocycles. The summed E-state index contributed by atoms with van der Waals surface area (Å²) in [4.78, 5) is 32.5. The van der Waals surface area contributed by atoms with E-state index in [1.54, 1.807) is 13.3 Å². The molecule has 2 N–H and O–H groups in total. The van der Waals surface area contributed by atoms with E-state index in [2.05, 4.69) is 47.4 Å². The predicted molar refractivity (Wildman–Crippen MR) is 108 cm³/mol. The molecule has 7 nitrogen and oxygen atoms in total. The maximum Gasteiger partial charge on any atom is 0.271 e. The van der Waals surface area contributed by atoms with Gasteiger partial charge in [-0.2, -0.15) is 0 Å². The van der Waals surface area contributed by atoms with Crippen LogP contribution >= 0.6 is 0 Å². The minimum Gasteiger partial charge on any atom is -0.383 e. The topological polar surface area (TPSA) is 93.2 Å². The summed E-state index contributed by atoms with van der Waals surface area (Å²) >= 11 is 0. The van der Waals surface area contributed by atoms with Crippen molar-refractivity contribution >= 4 is 11.8 Å². The fraction of sp³-hybridized carbons (Fsp3) is 0.619. The summed E-state index contributed by atoms with van der Waals surface area (Å²) in [6, 6.07) is 0. The number of aromatic nitrogens is 2. The van der Waals surface area contributed by atoms with Gasteiger partial charge in [0.2, 0.25) is 5.91 Å². The maximum absolute atomic E-state index is 12.3. The number of carbonyl (C=O) groups excluding carboxylic acids is 2. The molecule has 0 bridgehead atoms. The normalized spacial score (nSPS) is 21.9. The van der Waals surface area contributed by atoms with Crippen molar-refractivity contribution in [2.45, 2.75) is 33.6 Å². The van der Waals surface area contributed by atoms with Crippen molar-refractivity contribution < 1.29 is 14.3 Å². The molecule has 2 rings (SSSR count). The molecule has 0 radical (unpaired) electrons. The quantitative estimate of drug-likeness (QED) is 0.500. The Kier molecular flexibility index (Phi) is 8.57. The lowest BCUT2D eigenvalue weighted by molar-refractivity contribution is -0.122. The first-order chi connectivity index (χ1) is 13.4. The summed E-state index contributed by atoms with van der Waals surface area (Å²) in [5.41, 5.74) is 1.54. The Morgan fingerprint density at radius 3 is 2.71 bits per heavy atom. The molecule has 7 heteroatoms. The molecule has 1 heterocycles. The number of methoxy groups -OCH3 is 1. The predicted octanol–water partition coefficient (Wildman–Crippen LogP) is 2.21. The van der Waals surface area contributed by atoms with E-state index >= 15 is 0 Å². The van der Waals surface area contributed by atoms with Crippen LogP contribution in [0.1, 0.15) is 44.1 Å². The van der Waals surface area contributed by atoms with Gasteiger partial charge in [0.25, 0.3) is 5.91 Å². The molecule has 0 aliphatic heterocycles. The Hall–Kier alpha value is -2.28. The largest absolute Gasteiger partial charge is 0.383 e. The van der Waals surface area contributed by atoms with E-state index in [0.717, 1.165) is 6.42 Å². The molecule has 1 aliphatic rings. The number of nitrogens with zero attached hydrogens (tertiary/aromatic N) is 2. The minimum atomic E-state index is -0.207. The molecule has 2 amide bonds. The summed E-state index contributed by atoms with van der Waals surface area (Å²) in [5.74, 6) is 1.20. The number of amides is 2. The zero-order valence-electron chi connectivity index (χ0n) is 17.3. The average molecular weight is 389 g/mol. The molecule has 154 valence electrons. The highest BCUT2D eigenvalue weighted by atomic mass is 16.5. The Morgan fingerprint density at radius 1 is 1.29 bits per heavy atom. The van der Waals surface area contributed by atoms with Crippen molar-refractivity contribution in [2.75, 3.05) is 26.8 Å². The highest BCUT2D eigenvalue weighted by Crippen LogP contribution is 2.38. The van der Waals surface area contributed by atoms with E-state index in [9.17, 15) is 9.59 Å². The smallest absolute Gasteiger partial charge is 0.271 e.